The summed E-state index contributed by atoms with van der Waals surface area (Å²) >= 11 is 0. The maximum atomic E-state index is 12.4. The number of amides is 1. The second-order valence-corrected chi connectivity index (χ2v) is 5.27. The number of rotatable bonds is 4. The molecule has 2 N–H and O–H groups in total. The standard InChI is InChI=1S/C13H21N3O3/c1-6-16(7-13(4,5)19)12(18)10-8(2)9(3)14-15-11(10)17/h19H,6-7H2,1-5H3,(H,15,17). The van der Waals surface area contributed by atoms with Crippen LogP contribution in [0, 0.1) is 13.8 Å². The Morgan fingerprint density at radius 2 is 2.00 bits per heavy atom. The van der Waals surface area contributed by atoms with E-state index in [0.717, 1.165) is 0 Å². The first-order valence-electron chi connectivity index (χ1n) is 6.25. The average molecular weight is 267 g/mol. The van der Waals surface area contributed by atoms with Crippen molar-refractivity contribution >= 4 is 5.91 Å². The number of aliphatic hydroxyl groups is 1. The minimum absolute atomic E-state index is 0.0959. The summed E-state index contributed by atoms with van der Waals surface area (Å²) in [4.78, 5) is 25.7. The molecule has 1 amide bonds. The molecule has 0 aliphatic rings. The number of H-pyrrole nitrogens is 1. The maximum Gasteiger partial charge on any atom is 0.277 e. The van der Waals surface area contributed by atoms with Gasteiger partial charge >= 0.3 is 0 Å². The van der Waals surface area contributed by atoms with E-state index in [2.05, 4.69) is 10.2 Å². The largest absolute Gasteiger partial charge is 0.389 e. The monoisotopic (exact) mass is 267 g/mol. The van der Waals surface area contributed by atoms with Crippen LogP contribution in [-0.4, -0.2) is 44.8 Å². The molecule has 0 unspecified atom stereocenters. The number of aryl methyl sites for hydroxylation is 1. The molecule has 6 heteroatoms. The number of likely N-dealkylation sites (N-methyl/N-ethyl adjacent to an activating group) is 1. The van der Waals surface area contributed by atoms with Crippen LogP contribution in [0.15, 0.2) is 4.79 Å². The first kappa shape index (κ1) is 15.4. The Labute approximate surface area is 112 Å². The number of nitrogens with zero attached hydrogens (tertiary/aromatic N) is 2. The van der Waals surface area contributed by atoms with E-state index in [4.69, 9.17) is 0 Å². The van der Waals surface area contributed by atoms with Gasteiger partial charge in [-0.05, 0) is 40.2 Å². The third-order valence-electron chi connectivity index (χ3n) is 2.93. The highest BCUT2D eigenvalue weighted by atomic mass is 16.3. The second kappa shape index (κ2) is 5.52. The molecule has 106 valence electrons. The van der Waals surface area contributed by atoms with Crippen LogP contribution in [0.1, 0.15) is 42.4 Å². The van der Waals surface area contributed by atoms with Crippen LogP contribution in [0.3, 0.4) is 0 Å². The highest BCUT2D eigenvalue weighted by Crippen LogP contribution is 2.11. The van der Waals surface area contributed by atoms with E-state index in [-0.39, 0.29) is 18.0 Å². The van der Waals surface area contributed by atoms with Gasteiger partial charge in [-0.3, -0.25) is 9.59 Å². The quantitative estimate of drug-likeness (QED) is 0.837. The summed E-state index contributed by atoms with van der Waals surface area (Å²) in [5.74, 6) is -0.381. The van der Waals surface area contributed by atoms with Crippen molar-refractivity contribution in [3.05, 3.63) is 27.2 Å². The van der Waals surface area contributed by atoms with Crippen LogP contribution < -0.4 is 5.56 Å². The normalized spacial score (nSPS) is 11.5. The van der Waals surface area contributed by atoms with E-state index in [1.165, 1.54) is 4.90 Å². The van der Waals surface area contributed by atoms with Crippen molar-refractivity contribution in [1.29, 1.82) is 0 Å². The number of aromatic nitrogens is 2. The minimum Gasteiger partial charge on any atom is -0.389 e. The van der Waals surface area contributed by atoms with Crippen LogP contribution in [-0.2, 0) is 0 Å². The van der Waals surface area contributed by atoms with Gasteiger partial charge in [0.15, 0.2) is 0 Å². The molecule has 0 atom stereocenters. The van der Waals surface area contributed by atoms with Gasteiger partial charge in [-0.1, -0.05) is 0 Å². The molecule has 19 heavy (non-hydrogen) atoms. The van der Waals surface area contributed by atoms with Gasteiger partial charge in [0.1, 0.15) is 5.56 Å². The first-order valence-corrected chi connectivity index (χ1v) is 6.25. The highest BCUT2D eigenvalue weighted by molar-refractivity contribution is 5.95. The van der Waals surface area contributed by atoms with E-state index in [9.17, 15) is 14.7 Å². The average Bonchev–Trinajstić information content (AvgIpc) is 2.30. The molecule has 0 radical (unpaired) electrons. The van der Waals surface area contributed by atoms with Crippen LogP contribution in [0.2, 0.25) is 0 Å². The Morgan fingerprint density at radius 3 is 2.47 bits per heavy atom. The molecule has 6 nitrogen and oxygen atoms in total. The minimum atomic E-state index is -1.01. The Kier molecular flexibility index (Phi) is 4.47. The number of hydrogen-bond acceptors (Lipinski definition) is 4. The number of nitrogens with one attached hydrogen (secondary N) is 1. The van der Waals surface area contributed by atoms with Crippen molar-refractivity contribution in [3.63, 3.8) is 0 Å². The number of aromatic amines is 1. The second-order valence-electron chi connectivity index (χ2n) is 5.27. The molecule has 1 aromatic heterocycles. The number of hydrogen-bond donors (Lipinski definition) is 2. The van der Waals surface area contributed by atoms with Gasteiger partial charge in [-0.2, -0.15) is 5.10 Å². The SMILES string of the molecule is CCN(CC(C)(C)O)C(=O)c1c(C)c(C)n[nH]c1=O. The fourth-order valence-corrected chi connectivity index (χ4v) is 1.84. The lowest BCUT2D eigenvalue weighted by atomic mass is 10.1. The molecule has 1 aromatic rings. The van der Waals surface area contributed by atoms with Gasteiger partial charge in [0.05, 0.1) is 11.3 Å². The fourth-order valence-electron chi connectivity index (χ4n) is 1.84. The third-order valence-corrected chi connectivity index (χ3v) is 2.93. The van der Waals surface area contributed by atoms with E-state index in [1.807, 2.05) is 0 Å². The lowest BCUT2D eigenvalue weighted by Crippen LogP contribution is -2.44. The van der Waals surface area contributed by atoms with E-state index in [0.29, 0.717) is 17.8 Å². The van der Waals surface area contributed by atoms with Gasteiger partial charge in [0.2, 0.25) is 0 Å². The van der Waals surface area contributed by atoms with Crippen LogP contribution in [0.5, 0.6) is 0 Å². The lowest BCUT2D eigenvalue weighted by Gasteiger charge is -2.28. The molecule has 1 rings (SSSR count). The smallest absolute Gasteiger partial charge is 0.277 e. The number of carbonyl (C=O) groups excluding carboxylic acids is 1. The Morgan fingerprint density at radius 1 is 1.42 bits per heavy atom. The summed E-state index contributed by atoms with van der Waals surface area (Å²) in [5.41, 5.74) is -0.222. The topological polar surface area (TPSA) is 86.3 Å². The first-order chi connectivity index (χ1) is 8.67. The maximum absolute atomic E-state index is 12.4. The van der Waals surface area contributed by atoms with Gasteiger partial charge in [0.25, 0.3) is 11.5 Å². The van der Waals surface area contributed by atoms with Crippen molar-refractivity contribution in [3.8, 4) is 0 Å². The summed E-state index contributed by atoms with van der Waals surface area (Å²) in [7, 11) is 0. The van der Waals surface area contributed by atoms with Gasteiger partial charge in [-0.15, -0.1) is 0 Å². The predicted molar refractivity (Wildman–Crippen MR) is 72.2 cm³/mol. The van der Waals surface area contributed by atoms with Gasteiger partial charge in [-0.25, -0.2) is 5.10 Å². The Bertz CT molecular complexity index is 529. The molecule has 0 bridgehead atoms. The van der Waals surface area contributed by atoms with Crippen LogP contribution >= 0.6 is 0 Å². The van der Waals surface area contributed by atoms with Gasteiger partial charge in [0, 0.05) is 13.1 Å². The van der Waals surface area contributed by atoms with Crippen molar-refractivity contribution < 1.29 is 9.90 Å². The lowest BCUT2D eigenvalue weighted by molar-refractivity contribution is 0.0313. The zero-order valence-corrected chi connectivity index (χ0v) is 12.1. The molecular weight excluding hydrogens is 246 g/mol. The molecule has 0 saturated carbocycles. The van der Waals surface area contributed by atoms with Crippen LogP contribution in [0.4, 0.5) is 0 Å². The highest BCUT2D eigenvalue weighted by Gasteiger charge is 2.25. The third kappa shape index (κ3) is 3.64. The molecule has 1 heterocycles. The van der Waals surface area contributed by atoms with Crippen molar-refractivity contribution in [2.45, 2.75) is 40.2 Å². The predicted octanol–water partition coefficient (Wildman–Crippen LogP) is 0.620. The van der Waals surface area contributed by atoms with E-state index in [1.54, 1.807) is 34.6 Å². The van der Waals surface area contributed by atoms with Gasteiger partial charge < -0.3 is 10.0 Å². The zero-order chi connectivity index (χ0) is 14.8. The van der Waals surface area contributed by atoms with Crippen molar-refractivity contribution in [2.24, 2.45) is 0 Å². The van der Waals surface area contributed by atoms with Crippen molar-refractivity contribution in [2.75, 3.05) is 13.1 Å². The molecule has 0 spiro atoms. The zero-order valence-electron chi connectivity index (χ0n) is 12.1. The molecule has 0 aliphatic heterocycles. The molecule has 0 aliphatic carbocycles. The Balaban J connectivity index is 3.19. The summed E-state index contributed by atoms with van der Waals surface area (Å²) in [6.45, 7) is 9.07. The molecule has 0 fully saturated rings. The Hall–Kier alpha value is -1.69. The number of carbonyl (C=O) groups is 1. The summed E-state index contributed by atoms with van der Waals surface area (Å²) < 4.78 is 0. The van der Waals surface area contributed by atoms with E-state index < -0.39 is 11.2 Å². The fraction of sp³-hybridized carbons (Fsp3) is 0.615. The molecular formula is C13H21N3O3. The summed E-state index contributed by atoms with van der Waals surface area (Å²) in [6.07, 6.45) is 0. The van der Waals surface area contributed by atoms with E-state index >= 15 is 0 Å². The summed E-state index contributed by atoms with van der Waals surface area (Å²) in [5, 5.41) is 16.0. The molecule has 0 saturated heterocycles. The van der Waals surface area contributed by atoms with Crippen LogP contribution in [0.25, 0.3) is 0 Å². The van der Waals surface area contributed by atoms with Crippen molar-refractivity contribution in [1.82, 2.24) is 15.1 Å². The summed E-state index contributed by atoms with van der Waals surface area (Å²) in [6, 6.07) is 0. The molecule has 0 aromatic carbocycles.